The molecule has 0 aliphatic heterocycles. The maximum absolute atomic E-state index is 11.8. The average molecular weight is 319 g/mol. The average Bonchev–Trinajstić information content (AvgIpc) is 2.61. The molecule has 1 heterocycles. The lowest BCUT2D eigenvalue weighted by atomic mass is 10.6. The van der Waals surface area contributed by atoms with E-state index in [1.165, 1.54) is 0 Å². The van der Waals surface area contributed by atoms with E-state index in [2.05, 4.69) is 24.6 Å². The summed E-state index contributed by atoms with van der Waals surface area (Å²) in [5.74, 6) is -0.279. The summed E-state index contributed by atoms with van der Waals surface area (Å²) in [6, 6.07) is 1.06. The van der Waals surface area contributed by atoms with Gasteiger partial charge < -0.3 is 9.47 Å². The highest BCUT2D eigenvalue weighted by atomic mass is 35.5. The number of carbonyl (C=O) groups is 1. The molecule has 0 saturated carbocycles. The number of aryl methyl sites for hydroxylation is 1. The van der Waals surface area contributed by atoms with Crippen LogP contribution < -0.4 is 0 Å². The maximum Gasteiger partial charge on any atom is 0.374 e. The molecule has 0 radical (unpaired) electrons. The number of esters is 1. The van der Waals surface area contributed by atoms with Gasteiger partial charge >= 0.3 is 5.97 Å². The van der Waals surface area contributed by atoms with Crippen LogP contribution in [0.4, 0.5) is 0 Å². The number of halogens is 1. The van der Waals surface area contributed by atoms with Gasteiger partial charge in [-0.25, -0.2) is 9.78 Å². The zero-order valence-corrected chi connectivity index (χ0v) is 14.6. The van der Waals surface area contributed by atoms with Crippen LogP contribution in [-0.2, 0) is 16.2 Å². The largest absolute Gasteiger partial charge is 0.460 e. The molecule has 7 heteroatoms. The SMILES string of the molecule is CCOC(=O)c1nc(C)c(Cl)n1COCC[Si](C)(C)C. The molecule has 0 bridgehead atoms. The number of imidazole rings is 1. The summed E-state index contributed by atoms with van der Waals surface area (Å²) < 4.78 is 12.1. The van der Waals surface area contributed by atoms with Crippen molar-refractivity contribution in [3.8, 4) is 0 Å². The minimum atomic E-state index is -1.13. The van der Waals surface area contributed by atoms with Crippen LogP contribution in [0, 0.1) is 6.92 Å². The molecule has 0 saturated heterocycles. The molecule has 0 fully saturated rings. The lowest BCUT2D eigenvalue weighted by molar-refractivity contribution is 0.0464. The van der Waals surface area contributed by atoms with E-state index in [1.54, 1.807) is 18.4 Å². The third-order valence-corrected chi connectivity index (χ3v) is 4.92. The minimum Gasteiger partial charge on any atom is -0.460 e. The Morgan fingerprint density at radius 2 is 2.05 bits per heavy atom. The van der Waals surface area contributed by atoms with Crippen molar-refractivity contribution in [1.29, 1.82) is 0 Å². The molecule has 0 aliphatic rings. The molecular weight excluding hydrogens is 296 g/mol. The molecule has 0 amide bonds. The molecule has 0 unspecified atom stereocenters. The number of aromatic nitrogens is 2. The first-order valence-corrected chi connectivity index (χ1v) is 10.8. The Kier molecular flexibility index (Phi) is 6.23. The van der Waals surface area contributed by atoms with Gasteiger partial charge in [-0.2, -0.15) is 0 Å². The molecule has 0 N–H and O–H groups in total. The highest BCUT2D eigenvalue weighted by Crippen LogP contribution is 2.18. The van der Waals surface area contributed by atoms with Gasteiger partial charge in [0.25, 0.3) is 0 Å². The third kappa shape index (κ3) is 4.92. The molecule has 1 aromatic rings. The highest BCUT2D eigenvalue weighted by molar-refractivity contribution is 6.76. The summed E-state index contributed by atoms with van der Waals surface area (Å²) in [5.41, 5.74) is 0.600. The topological polar surface area (TPSA) is 53.3 Å². The first-order chi connectivity index (χ1) is 9.26. The smallest absolute Gasteiger partial charge is 0.374 e. The molecule has 1 aromatic heterocycles. The first-order valence-electron chi connectivity index (χ1n) is 6.73. The quantitative estimate of drug-likeness (QED) is 0.439. The van der Waals surface area contributed by atoms with Crippen LogP contribution in [-0.4, -0.2) is 36.8 Å². The van der Waals surface area contributed by atoms with Gasteiger partial charge in [-0.3, -0.25) is 4.57 Å². The second-order valence-corrected chi connectivity index (χ2v) is 11.8. The van der Waals surface area contributed by atoms with Gasteiger partial charge in [0.05, 0.1) is 12.3 Å². The molecule has 0 atom stereocenters. The zero-order valence-electron chi connectivity index (χ0n) is 12.8. The lowest BCUT2D eigenvalue weighted by Gasteiger charge is -2.16. The molecule has 1 rings (SSSR count). The van der Waals surface area contributed by atoms with Crippen LogP contribution >= 0.6 is 11.6 Å². The van der Waals surface area contributed by atoms with Crippen molar-refractivity contribution < 1.29 is 14.3 Å². The molecule has 0 aliphatic carbocycles. The number of carbonyl (C=O) groups excluding carboxylic acids is 1. The fourth-order valence-electron chi connectivity index (χ4n) is 1.56. The van der Waals surface area contributed by atoms with Crippen molar-refractivity contribution in [1.82, 2.24) is 9.55 Å². The fraction of sp³-hybridized carbons (Fsp3) is 0.692. The van der Waals surface area contributed by atoms with Gasteiger partial charge in [-0.1, -0.05) is 31.2 Å². The van der Waals surface area contributed by atoms with Crippen LogP contribution in [0.1, 0.15) is 23.2 Å². The predicted molar refractivity (Wildman–Crippen MR) is 82.0 cm³/mol. The van der Waals surface area contributed by atoms with Crippen molar-refractivity contribution in [2.75, 3.05) is 13.2 Å². The van der Waals surface area contributed by atoms with Crippen molar-refractivity contribution in [3.05, 3.63) is 16.7 Å². The Hall–Kier alpha value is -0.853. The Morgan fingerprint density at radius 3 is 2.60 bits per heavy atom. The summed E-state index contributed by atoms with van der Waals surface area (Å²) in [6.07, 6.45) is 0. The second kappa shape index (κ2) is 7.24. The standard InChI is InChI=1S/C13H23ClN2O3Si/c1-6-19-13(17)12-15-10(2)11(14)16(12)9-18-7-8-20(3,4)5/h6-9H2,1-5H3. The van der Waals surface area contributed by atoms with E-state index < -0.39 is 14.0 Å². The van der Waals surface area contributed by atoms with Crippen LogP contribution in [0.15, 0.2) is 0 Å². The summed E-state index contributed by atoms with van der Waals surface area (Å²) in [6.45, 7) is 11.6. The second-order valence-electron chi connectivity index (χ2n) is 5.81. The van der Waals surface area contributed by atoms with E-state index in [-0.39, 0.29) is 12.6 Å². The third-order valence-electron chi connectivity index (χ3n) is 2.74. The number of ether oxygens (including phenoxy) is 2. The van der Waals surface area contributed by atoms with Crippen LogP contribution in [0.2, 0.25) is 30.8 Å². The predicted octanol–water partition coefficient (Wildman–Crippen LogP) is 3.33. The zero-order chi connectivity index (χ0) is 15.3. The Morgan fingerprint density at radius 1 is 1.40 bits per heavy atom. The maximum atomic E-state index is 11.8. The minimum absolute atomic E-state index is 0.197. The van der Waals surface area contributed by atoms with Crippen molar-refractivity contribution in [2.24, 2.45) is 0 Å². The van der Waals surface area contributed by atoms with E-state index >= 15 is 0 Å². The molecule has 20 heavy (non-hydrogen) atoms. The van der Waals surface area contributed by atoms with Crippen LogP contribution in [0.5, 0.6) is 0 Å². The summed E-state index contributed by atoms with van der Waals surface area (Å²) >= 11 is 6.15. The van der Waals surface area contributed by atoms with E-state index in [1.807, 2.05) is 0 Å². The van der Waals surface area contributed by atoms with Crippen molar-refractivity contribution >= 4 is 25.6 Å². The van der Waals surface area contributed by atoms with E-state index in [0.29, 0.717) is 24.1 Å². The van der Waals surface area contributed by atoms with Gasteiger partial charge in [-0.05, 0) is 19.9 Å². The Labute approximate surface area is 126 Å². The van der Waals surface area contributed by atoms with Gasteiger partial charge in [0.2, 0.25) is 5.82 Å². The van der Waals surface area contributed by atoms with Gasteiger partial charge in [-0.15, -0.1) is 0 Å². The van der Waals surface area contributed by atoms with E-state index in [0.717, 1.165) is 6.04 Å². The van der Waals surface area contributed by atoms with E-state index in [4.69, 9.17) is 21.1 Å². The first kappa shape index (κ1) is 17.2. The molecule has 5 nitrogen and oxygen atoms in total. The molecule has 0 spiro atoms. The van der Waals surface area contributed by atoms with Gasteiger partial charge in [0.15, 0.2) is 0 Å². The summed E-state index contributed by atoms with van der Waals surface area (Å²) in [7, 11) is -1.13. The van der Waals surface area contributed by atoms with Crippen molar-refractivity contribution in [3.63, 3.8) is 0 Å². The summed E-state index contributed by atoms with van der Waals surface area (Å²) in [5, 5.41) is 0.418. The molecule has 114 valence electrons. The molecular formula is C13H23ClN2O3Si. The summed E-state index contributed by atoms with van der Waals surface area (Å²) in [4.78, 5) is 16.0. The number of hydrogen-bond donors (Lipinski definition) is 0. The lowest BCUT2D eigenvalue weighted by Crippen LogP contribution is -2.22. The van der Waals surface area contributed by atoms with E-state index in [9.17, 15) is 4.79 Å². The number of rotatable bonds is 7. The van der Waals surface area contributed by atoms with Crippen molar-refractivity contribution in [2.45, 2.75) is 46.3 Å². The van der Waals surface area contributed by atoms with Gasteiger partial charge in [0, 0.05) is 14.7 Å². The number of hydrogen-bond acceptors (Lipinski definition) is 4. The normalized spacial score (nSPS) is 11.7. The van der Waals surface area contributed by atoms with Crippen LogP contribution in [0.25, 0.3) is 0 Å². The molecule has 0 aromatic carbocycles. The Bertz CT molecular complexity index is 469. The highest BCUT2D eigenvalue weighted by Gasteiger charge is 2.20. The Balaban J connectivity index is 2.71. The number of nitrogens with zero attached hydrogens (tertiary/aromatic N) is 2. The fourth-order valence-corrected chi connectivity index (χ4v) is 2.48. The van der Waals surface area contributed by atoms with Crippen LogP contribution in [0.3, 0.4) is 0 Å². The monoisotopic (exact) mass is 318 g/mol. The van der Waals surface area contributed by atoms with Gasteiger partial charge in [0.1, 0.15) is 11.9 Å².